The molecular weight excluding hydrogens is 248 g/mol. The van der Waals surface area contributed by atoms with E-state index in [2.05, 4.69) is 0 Å². The lowest BCUT2D eigenvalue weighted by molar-refractivity contribution is -0.117. The van der Waals surface area contributed by atoms with Crippen LogP contribution < -0.4 is 0 Å². The van der Waals surface area contributed by atoms with Gasteiger partial charge in [-0.2, -0.15) is 0 Å². The Kier molecular flexibility index (Phi) is 3.04. The van der Waals surface area contributed by atoms with E-state index in [1.54, 1.807) is 12.1 Å². The van der Waals surface area contributed by atoms with Gasteiger partial charge in [0.15, 0.2) is 15.6 Å². The number of hydrogen-bond donors (Lipinski definition) is 0. The molecule has 0 heterocycles. The molecule has 0 unspecified atom stereocenters. The van der Waals surface area contributed by atoms with Crippen molar-refractivity contribution in [2.24, 2.45) is 5.92 Å². The van der Waals surface area contributed by atoms with Gasteiger partial charge in [-0.1, -0.05) is 17.7 Å². The summed E-state index contributed by atoms with van der Waals surface area (Å²) in [4.78, 5) is 11.6. The van der Waals surface area contributed by atoms with Crippen LogP contribution in [0.1, 0.15) is 12.8 Å². The summed E-state index contributed by atoms with van der Waals surface area (Å²) in [6.07, 6.45) is 1.65. The molecule has 2 rings (SSSR count). The fourth-order valence-corrected chi connectivity index (χ4v) is 3.08. The lowest BCUT2D eigenvalue weighted by Gasteiger charge is -2.03. The number of sulfone groups is 1. The van der Waals surface area contributed by atoms with E-state index >= 15 is 0 Å². The molecule has 86 valence electrons. The number of Topliss-reactive ketones (excluding diaryl/α,β-unsaturated/α-hetero) is 1. The molecule has 1 aromatic carbocycles. The summed E-state index contributed by atoms with van der Waals surface area (Å²) in [5.41, 5.74) is 0. The highest BCUT2D eigenvalue weighted by Gasteiger charge is 2.33. The first-order valence-electron chi connectivity index (χ1n) is 5.00. The Morgan fingerprint density at radius 2 is 2.06 bits per heavy atom. The maximum absolute atomic E-state index is 11.8. The predicted octanol–water partition coefficient (Wildman–Crippen LogP) is 2.09. The second kappa shape index (κ2) is 4.18. The van der Waals surface area contributed by atoms with Crippen molar-refractivity contribution in [2.75, 3.05) is 5.75 Å². The fraction of sp³-hybridized carbons (Fsp3) is 0.364. The minimum absolute atomic E-state index is 0.0334. The summed E-state index contributed by atoms with van der Waals surface area (Å²) in [5, 5.41) is 0.361. The fourth-order valence-electron chi connectivity index (χ4n) is 1.45. The monoisotopic (exact) mass is 258 g/mol. The highest BCUT2D eigenvalue weighted by atomic mass is 35.5. The van der Waals surface area contributed by atoms with Crippen molar-refractivity contribution in [3.8, 4) is 0 Å². The molecule has 0 amide bonds. The van der Waals surface area contributed by atoms with Gasteiger partial charge in [0.05, 0.1) is 4.90 Å². The standard InChI is InChI=1S/C11H11ClO3S/c12-9-2-1-3-10(6-9)16(14,15)7-11(13)8-4-5-8/h1-3,6,8H,4-5,7H2. The molecule has 0 aliphatic heterocycles. The Hall–Kier alpha value is -0.870. The summed E-state index contributed by atoms with van der Waals surface area (Å²) in [6.45, 7) is 0. The quantitative estimate of drug-likeness (QED) is 0.831. The maximum Gasteiger partial charge on any atom is 0.185 e. The van der Waals surface area contributed by atoms with Crippen LogP contribution in [0.3, 0.4) is 0 Å². The van der Waals surface area contributed by atoms with Gasteiger partial charge in [-0.05, 0) is 31.0 Å². The Labute approximate surface area is 99.3 Å². The van der Waals surface area contributed by atoms with Crippen LogP contribution in [0.4, 0.5) is 0 Å². The van der Waals surface area contributed by atoms with Gasteiger partial charge in [-0.25, -0.2) is 8.42 Å². The van der Waals surface area contributed by atoms with E-state index in [1.807, 2.05) is 0 Å². The Morgan fingerprint density at radius 1 is 1.38 bits per heavy atom. The minimum atomic E-state index is -3.52. The molecule has 0 radical (unpaired) electrons. The molecule has 0 N–H and O–H groups in total. The average molecular weight is 259 g/mol. The van der Waals surface area contributed by atoms with Crippen molar-refractivity contribution in [3.05, 3.63) is 29.3 Å². The number of ketones is 1. The van der Waals surface area contributed by atoms with E-state index in [1.165, 1.54) is 12.1 Å². The van der Waals surface area contributed by atoms with Gasteiger partial charge in [-0.3, -0.25) is 4.79 Å². The second-order valence-electron chi connectivity index (χ2n) is 3.96. The molecule has 3 nitrogen and oxygen atoms in total. The highest BCUT2D eigenvalue weighted by Crippen LogP contribution is 2.31. The number of benzene rings is 1. The van der Waals surface area contributed by atoms with Crippen molar-refractivity contribution in [2.45, 2.75) is 17.7 Å². The van der Waals surface area contributed by atoms with Crippen LogP contribution in [0.5, 0.6) is 0 Å². The van der Waals surface area contributed by atoms with Gasteiger partial charge in [0, 0.05) is 10.9 Å². The smallest absolute Gasteiger partial charge is 0.185 e. The molecule has 0 aromatic heterocycles. The second-order valence-corrected chi connectivity index (χ2v) is 6.38. The van der Waals surface area contributed by atoms with Crippen molar-refractivity contribution in [3.63, 3.8) is 0 Å². The summed E-state index contributed by atoms with van der Waals surface area (Å²) >= 11 is 5.71. The number of carbonyl (C=O) groups excluding carboxylic acids is 1. The van der Waals surface area contributed by atoms with E-state index < -0.39 is 15.6 Å². The molecule has 0 bridgehead atoms. The topological polar surface area (TPSA) is 51.2 Å². The molecule has 1 aliphatic carbocycles. The van der Waals surface area contributed by atoms with Crippen molar-refractivity contribution in [1.82, 2.24) is 0 Å². The molecule has 0 spiro atoms. The minimum Gasteiger partial charge on any atom is -0.298 e. The third kappa shape index (κ3) is 2.62. The zero-order valence-corrected chi connectivity index (χ0v) is 10.1. The first-order valence-corrected chi connectivity index (χ1v) is 7.03. The van der Waals surface area contributed by atoms with Crippen LogP contribution in [-0.4, -0.2) is 20.0 Å². The highest BCUT2D eigenvalue weighted by molar-refractivity contribution is 7.92. The third-order valence-electron chi connectivity index (χ3n) is 2.52. The molecule has 1 fully saturated rings. The number of hydrogen-bond acceptors (Lipinski definition) is 3. The normalized spacial score (nSPS) is 16.1. The van der Waals surface area contributed by atoms with Gasteiger partial charge in [0.25, 0.3) is 0 Å². The van der Waals surface area contributed by atoms with Crippen molar-refractivity contribution in [1.29, 1.82) is 0 Å². The van der Waals surface area contributed by atoms with Gasteiger partial charge >= 0.3 is 0 Å². The van der Waals surface area contributed by atoms with E-state index in [0.29, 0.717) is 5.02 Å². The predicted molar refractivity (Wildman–Crippen MR) is 61.2 cm³/mol. The van der Waals surface area contributed by atoms with E-state index in [4.69, 9.17) is 11.6 Å². The first kappa shape index (κ1) is 11.6. The molecule has 0 saturated heterocycles. The summed E-state index contributed by atoms with van der Waals surface area (Å²) in [6, 6.07) is 6.00. The Morgan fingerprint density at radius 3 is 2.62 bits per heavy atom. The molecule has 16 heavy (non-hydrogen) atoms. The van der Waals surface area contributed by atoms with E-state index in [9.17, 15) is 13.2 Å². The lowest BCUT2D eigenvalue weighted by Crippen LogP contribution is -2.17. The zero-order chi connectivity index (χ0) is 11.8. The number of carbonyl (C=O) groups is 1. The van der Waals surface area contributed by atoms with Crippen LogP contribution in [0, 0.1) is 5.92 Å². The molecule has 5 heteroatoms. The Bertz CT molecular complexity index is 518. The van der Waals surface area contributed by atoms with Crippen molar-refractivity contribution >= 4 is 27.2 Å². The molecule has 1 aromatic rings. The number of rotatable bonds is 4. The Balaban J connectivity index is 2.21. The largest absolute Gasteiger partial charge is 0.298 e. The SMILES string of the molecule is O=C(CS(=O)(=O)c1cccc(Cl)c1)C1CC1. The van der Waals surface area contributed by atoms with Gasteiger partial charge in [0.2, 0.25) is 0 Å². The van der Waals surface area contributed by atoms with Gasteiger partial charge in [0.1, 0.15) is 5.75 Å². The van der Waals surface area contributed by atoms with E-state index in [0.717, 1.165) is 12.8 Å². The van der Waals surface area contributed by atoms with Crippen LogP contribution in [-0.2, 0) is 14.6 Å². The zero-order valence-electron chi connectivity index (χ0n) is 8.52. The van der Waals surface area contributed by atoms with Crippen LogP contribution in [0.15, 0.2) is 29.2 Å². The van der Waals surface area contributed by atoms with Crippen molar-refractivity contribution < 1.29 is 13.2 Å². The van der Waals surface area contributed by atoms with Crippen LogP contribution >= 0.6 is 11.6 Å². The molecule has 0 atom stereocenters. The molecular formula is C11H11ClO3S. The third-order valence-corrected chi connectivity index (χ3v) is 4.39. The molecule has 1 saturated carbocycles. The molecule has 1 aliphatic rings. The average Bonchev–Trinajstić information content (AvgIpc) is 3.00. The summed E-state index contributed by atoms with van der Waals surface area (Å²) in [5.74, 6) is -0.619. The summed E-state index contributed by atoms with van der Waals surface area (Å²) < 4.78 is 23.7. The first-order chi connectivity index (χ1) is 7.49. The van der Waals surface area contributed by atoms with Gasteiger partial charge < -0.3 is 0 Å². The lowest BCUT2D eigenvalue weighted by atomic mass is 10.3. The number of halogens is 1. The van der Waals surface area contributed by atoms with E-state index in [-0.39, 0.29) is 16.6 Å². The maximum atomic E-state index is 11.8. The summed E-state index contributed by atoms with van der Waals surface area (Å²) in [7, 11) is -3.52. The van der Waals surface area contributed by atoms with Crippen LogP contribution in [0.2, 0.25) is 5.02 Å². The van der Waals surface area contributed by atoms with Gasteiger partial charge in [-0.15, -0.1) is 0 Å². The van der Waals surface area contributed by atoms with Crippen LogP contribution in [0.25, 0.3) is 0 Å².